The molecular formula is C13H11BrClFN2O. The fourth-order valence-electron chi connectivity index (χ4n) is 1.61. The largest absolute Gasteiger partial charge is 0.310 e. The molecule has 0 fully saturated rings. The maximum absolute atomic E-state index is 14.1. The molecule has 2 aromatic rings. The summed E-state index contributed by atoms with van der Waals surface area (Å²) in [5.41, 5.74) is 0.174. The molecule has 6 heteroatoms. The van der Waals surface area contributed by atoms with Crippen LogP contribution in [0.5, 0.6) is 0 Å². The standard InChI is InChI=1S/C13H11BrClFN2O/c1-6(2)13-17-9(5-10(19)18-13)7-3-4-8(14)11(15)12(7)16/h3-6H,1-2H3,(H,17,18,19). The van der Waals surface area contributed by atoms with Gasteiger partial charge in [0, 0.05) is 22.0 Å². The molecule has 1 heterocycles. The highest BCUT2D eigenvalue weighted by molar-refractivity contribution is 9.10. The number of H-pyrrole nitrogens is 1. The lowest BCUT2D eigenvalue weighted by Gasteiger charge is -2.09. The van der Waals surface area contributed by atoms with Crippen molar-refractivity contribution in [3.8, 4) is 11.3 Å². The Kier molecular flexibility index (Phi) is 4.06. The zero-order valence-electron chi connectivity index (χ0n) is 10.3. The lowest BCUT2D eigenvalue weighted by atomic mass is 10.1. The molecule has 1 aromatic heterocycles. The Morgan fingerprint density at radius 1 is 1.42 bits per heavy atom. The molecule has 1 aromatic carbocycles. The lowest BCUT2D eigenvalue weighted by Crippen LogP contribution is -2.12. The number of hydrogen-bond donors (Lipinski definition) is 1. The van der Waals surface area contributed by atoms with Gasteiger partial charge in [-0.3, -0.25) is 4.79 Å². The predicted octanol–water partition coefficient (Wildman–Crippen LogP) is 4.12. The Balaban J connectivity index is 2.66. The van der Waals surface area contributed by atoms with Crippen molar-refractivity contribution in [1.29, 1.82) is 0 Å². The summed E-state index contributed by atoms with van der Waals surface area (Å²) in [6.45, 7) is 3.79. The Morgan fingerprint density at radius 3 is 2.74 bits per heavy atom. The Hall–Kier alpha value is -1.20. The molecule has 0 atom stereocenters. The lowest BCUT2D eigenvalue weighted by molar-refractivity contribution is 0.629. The fraction of sp³-hybridized carbons (Fsp3) is 0.231. The van der Waals surface area contributed by atoms with Crippen LogP contribution in [0.2, 0.25) is 5.02 Å². The van der Waals surface area contributed by atoms with E-state index in [1.165, 1.54) is 12.1 Å². The molecule has 0 aliphatic heterocycles. The number of aromatic nitrogens is 2. The summed E-state index contributed by atoms with van der Waals surface area (Å²) in [6, 6.07) is 4.42. The maximum atomic E-state index is 14.1. The van der Waals surface area contributed by atoms with Crippen molar-refractivity contribution >= 4 is 27.5 Å². The summed E-state index contributed by atoms with van der Waals surface area (Å²) in [5.74, 6) is -0.0357. The summed E-state index contributed by atoms with van der Waals surface area (Å²) in [7, 11) is 0. The minimum Gasteiger partial charge on any atom is -0.310 e. The van der Waals surface area contributed by atoms with E-state index in [0.29, 0.717) is 10.3 Å². The first kappa shape index (κ1) is 14.2. The molecule has 0 unspecified atom stereocenters. The molecule has 0 saturated heterocycles. The minimum atomic E-state index is -0.594. The number of halogens is 3. The first-order chi connectivity index (χ1) is 8.90. The van der Waals surface area contributed by atoms with E-state index in [4.69, 9.17) is 11.6 Å². The van der Waals surface area contributed by atoms with Gasteiger partial charge >= 0.3 is 0 Å². The third kappa shape index (κ3) is 2.87. The highest BCUT2D eigenvalue weighted by Gasteiger charge is 2.15. The van der Waals surface area contributed by atoms with Gasteiger partial charge in [0.1, 0.15) is 5.82 Å². The summed E-state index contributed by atoms with van der Waals surface area (Å²) >= 11 is 8.98. The van der Waals surface area contributed by atoms with E-state index < -0.39 is 5.82 Å². The molecule has 100 valence electrons. The van der Waals surface area contributed by atoms with Gasteiger partial charge in [0.15, 0.2) is 5.82 Å². The second-order valence-corrected chi connectivity index (χ2v) is 5.63. The number of benzene rings is 1. The van der Waals surface area contributed by atoms with Gasteiger partial charge in [0.05, 0.1) is 10.7 Å². The molecule has 19 heavy (non-hydrogen) atoms. The Morgan fingerprint density at radius 2 is 2.11 bits per heavy atom. The van der Waals surface area contributed by atoms with Crippen LogP contribution in [0.3, 0.4) is 0 Å². The van der Waals surface area contributed by atoms with E-state index in [1.807, 2.05) is 13.8 Å². The first-order valence-electron chi connectivity index (χ1n) is 5.65. The van der Waals surface area contributed by atoms with E-state index >= 15 is 0 Å². The highest BCUT2D eigenvalue weighted by Crippen LogP contribution is 2.32. The van der Waals surface area contributed by atoms with Gasteiger partial charge in [-0.05, 0) is 28.1 Å². The van der Waals surface area contributed by atoms with Crippen LogP contribution in [0, 0.1) is 5.82 Å². The van der Waals surface area contributed by atoms with E-state index in [0.717, 1.165) is 0 Å². The van der Waals surface area contributed by atoms with Crippen molar-refractivity contribution in [3.05, 3.63) is 49.7 Å². The average Bonchev–Trinajstić information content (AvgIpc) is 2.35. The van der Waals surface area contributed by atoms with Crippen LogP contribution in [0.15, 0.2) is 27.5 Å². The van der Waals surface area contributed by atoms with Crippen LogP contribution >= 0.6 is 27.5 Å². The van der Waals surface area contributed by atoms with Crippen molar-refractivity contribution in [2.24, 2.45) is 0 Å². The van der Waals surface area contributed by atoms with Crippen molar-refractivity contribution in [2.45, 2.75) is 19.8 Å². The Bertz CT molecular complexity index is 685. The van der Waals surface area contributed by atoms with Crippen molar-refractivity contribution < 1.29 is 4.39 Å². The number of nitrogens with one attached hydrogen (secondary N) is 1. The van der Waals surface area contributed by atoms with Crippen molar-refractivity contribution in [1.82, 2.24) is 9.97 Å². The summed E-state index contributed by atoms with van der Waals surface area (Å²) in [5, 5.41) is -0.0225. The predicted molar refractivity (Wildman–Crippen MR) is 77.1 cm³/mol. The molecular weight excluding hydrogens is 335 g/mol. The van der Waals surface area contributed by atoms with Gasteiger partial charge in [-0.1, -0.05) is 25.4 Å². The maximum Gasteiger partial charge on any atom is 0.251 e. The SMILES string of the molecule is CC(C)c1nc(-c2ccc(Br)c(Cl)c2F)cc(=O)[nH]1. The molecule has 0 bridgehead atoms. The molecule has 0 saturated carbocycles. The van der Waals surface area contributed by atoms with E-state index in [9.17, 15) is 9.18 Å². The number of nitrogens with zero attached hydrogens (tertiary/aromatic N) is 1. The third-order valence-electron chi connectivity index (χ3n) is 2.62. The highest BCUT2D eigenvalue weighted by atomic mass is 79.9. The third-order valence-corrected chi connectivity index (χ3v) is 3.88. The average molecular weight is 346 g/mol. The smallest absolute Gasteiger partial charge is 0.251 e. The van der Waals surface area contributed by atoms with Crippen LogP contribution in [-0.4, -0.2) is 9.97 Å². The van der Waals surface area contributed by atoms with Gasteiger partial charge in [0.25, 0.3) is 5.56 Å². The van der Waals surface area contributed by atoms with E-state index in [-0.39, 0.29) is 27.8 Å². The zero-order valence-corrected chi connectivity index (χ0v) is 12.6. The quantitative estimate of drug-likeness (QED) is 0.832. The molecule has 3 nitrogen and oxygen atoms in total. The first-order valence-corrected chi connectivity index (χ1v) is 6.82. The normalized spacial score (nSPS) is 11.1. The minimum absolute atomic E-state index is 0.0225. The molecule has 1 N–H and O–H groups in total. The van der Waals surface area contributed by atoms with Crippen molar-refractivity contribution in [2.75, 3.05) is 0 Å². The number of aromatic amines is 1. The zero-order chi connectivity index (χ0) is 14.2. The van der Waals surface area contributed by atoms with Crippen LogP contribution < -0.4 is 5.56 Å². The molecule has 2 rings (SSSR count). The van der Waals surface area contributed by atoms with E-state index in [2.05, 4.69) is 25.9 Å². The second kappa shape index (κ2) is 5.43. The van der Waals surface area contributed by atoms with Crippen LogP contribution in [0.1, 0.15) is 25.6 Å². The molecule has 0 spiro atoms. The fourth-order valence-corrected chi connectivity index (χ4v) is 2.08. The molecule has 0 aliphatic carbocycles. The van der Waals surface area contributed by atoms with E-state index in [1.54, 1.807) is 6.07 Å². The van der Waals surface area contributed by atoms with Gasteiger partial charge in [-0.25, -0.2) is 9.37 Å². The van der Waals surface area contributed by atoms with Gasteiger partial charge in [-0.15, -0.1) is 0 Å². The number of hydrogen-bond acceptors (Lipinski definition) is 2. The topological polar surface area (TPSA) is 45.8 Å². The van der Waals surface area contributed by atoms with Gasteiger partial charge < -0.3 is 4.98 Å². The Labute approximate surface area is 123 Å². The monoisotopic (exact) mass is 344 g/mol. The summed E-state index contributed by atoms with van der Waals surface area (Å²) < 4.78 is 14.6. The molecule has 0 radical (unpaired) electrons. The molecule has 0 aliphatic rings. The number of rotatable bonds is 2. The van der Waals surface area contributed by atoms with Gasteiger partial charge in [-0.2, -0.15) is 0 Å². The molecule has 0 amide bonds. The second-order valence-electron chi connectivity index (χ2n) is 4.39. The van der Waals surface area contributed by atoms with Crippen LogP contribution in [-0.2, 0) is 0 Å². The summed E-state index contributed by atoms with van der Waals surface area (Å²) in [6.07, 6.45) is 0. The van der Waals surface area contributed by atoms with Gasteiger partial charge in [0.2, 0.25) is 0 Å². The van der Waals surface area contributed by atoms with Crippen molar-refractivity contribution in [3.63, 3.8) is 0 Å². The summed E-state index contributed by atoms with van der Waals surface area (Å²) in [4.78, 5) is 18.5. The van der Waals surface area contributed by atoms with Crippen LogP contribution in [0.4, 0.5) is 4.39 Å². The van der Waals surface area contributed by atoms with Crippen LogP contribution in [0.25, 0.3) is 11.3 Å².